The zero-order chi connectivity index (χ0) is 29.0. The van der Waals surface area contributed by atoms with Crippen LogP contribution in [-0.2, 0) is 43.1 Å². The molecule has 5 rings (SSSR count). The number of hydrogen-bond acceptors (Lipinski definition) is 6. The Hall–Kier alpha value is -3.22. The minimum atomic E-state index is -2.38. The first-order chi connectivity index (χ1) is 20.7. The Labute approximate surface area is 249 Å². The van der Waals surface area contributed by atoms with Crippen molar-refractivity contribution in [3.8, 4) is 0 Å². The van der Waals surface area contributed by atoms with E-state index in [0.717, 1.165) is 28.7 Å². The Bertz CT molecular complexity index is 1340. The lowest BCUT2D eigenvalue weighted by Gasteiger charge is -2.35. The highest BCUT2D eigenvalue weighted by Crippen LogP contribution is 2.45. The molecule has 0 spiro atoms. The van der Waals surface area contributed by atoms with Crippen LogP contribution in [0.1, 0.15) is 41.0 Å². The van der Waals surface area contributed by atoms with Crippen LogP contribution in [0.5, 0.6) is 0 Å². The standard InChI is InChI=1S/C35H38O6P/c36-35-34(40-26-29-17-9-3-10-18-29)33(39-25-28-15-7-2-8-16-28)32(41-42(35)37)23-31(30-19-11-4-12-20-30)21-22-38-24-27-13-5-1-6-14-27/h1-20,31-36H,21-26H2/q+1. The van der Waals surface area contributed by atoms with Crippen molar-refractivity contribution < 1.29 is 28.4 Å². The van der Waals surface area contributed by atoms with E-state index in [9.17, 15) is 9.67 Å². The minimum absolute atomic E-state index is 0.0585. The van der Waals surface area contributed by atoms with Crippen LogP contribution in [0.3, 0.4) is 0 Å². The Morgan fingerprint density at radius 3 is 1.69 bits per heavy atom. The molecule has 0 radical (unpaired) electrons. The number of rotatable bonds is 14. The van der Waals surface area contributed by atoms with Crippen molar-refractivity contribution in [3.05, 3.63) is 144 Å². The zero-order valence-corrected chi connectivity index (χ0v) is 24.5. The lowest BCUT2D eigenvalue weighted by Crippen LogP contribution is -2.51. The molecule has 0 saturated carbocycles. The van der Waals surface area contributed by atoms with Gasteiger partial charge in [-0.25, -0.2) is 0 Å². The molecular weight excluding hydrogens is 547 g/mol. The van der Waals surface area contributed by atoms with Crippen LogP contribution >= 0.6 is 8.03 Å². The summed E-state index contributed by atoms with van der Waals surface area (Å²) in [4.78, 5) is 0. The summed E-state index contributed by atoms with van der Waals surface area (Å²) in [5, 5.41) is 11.0. The predicted molar refractivity (Wildman–Crippen MR) is 163 cm³/mol. The van der Waals surface area contributed by atoms with E-state index < -0.39 is 32.2 Å². The summed E-state index contributed by atoms with van der Waals surface area (Å²) in [6.45, 7) is 1.67. The second-order valence-electron chi connectivity index (χ2n) is 10.5. The molecule has 6 unspecified atom stereocenters. The van der Waals surface area contributed by atoms with Gasteiger partial charge >= 0.3 is 13.9 Å². The van der Waals surface area contributed by atoms with Crippen molar-refractivity contribution in [1.82, 2.24) is 0 Å². The fraction of sp³-hybridized carbons (Fsp3) is 0.314. The van der Waals surface area contributed by atoms with Crippen LogP contribution < -0.4 is 0 Å². The SMILES string of the molecule is O=[P+]1OC(CC(CCOCc2ccccc2)c2ccccc2)C(OCc2ccccc2)C(OCc2ccccc2)C1O. The maximum absolute atomic E-state index is 13.1. The Morgan fingerprint density at radius 1 is 0.667 bits per heavy atom. The highest BCUT2D eigenvalue weighted by molar-refractivity contribution is 7.39. The molecule has 6 atom stereocenters. The normalized spacial score (nSPS) is 22.1. The third-order valence-corrected chi connectivity index (χ3v) is 8.72. The fourth-order valence-corrected chi connectivity index (χ4v) is 6.36. The summed E-state index contributed by atoms with van der Waals surface area (Å²) in [5.41, 5.74) is 4.23. The largest absolute Gasteiger partial charge is 0.543 e. The Morgan fingerprint density at radius 2 is 1.14 bits per heavy atom. The fourth-order valence-electron chi connectivity index (χ4n) is 5.27. The average Bonchev–Trinajstić information content (AvgIpc) is 3.04. The Kier molecular flexibility index (Phi) is 11.4. The van der Waals surface area contributed by atoms with Crippen molar-refractivity contribution >= 4 is 8.03 Å². The van der Waals surface area contributed by atoms with Crippen molar-refractivity contribution in [1.29, 1.82) is 0 Å². The highest BCUT2D eigenvalue weighted by Gasteiger charge is 2.55. The highest BCUT2D eigenvalue weighted by atomic mass is 31.1. The quantitative estimate of drug-likeness (QED) is 0.123. The van der Waals surface area contributed by atoms with E-state index in [0.29, 0.717) is 26.2 Å². The van der Waals surface area contributed by atoms with Crippen LogP contribution in [0.2, 0.25) is 0 Å². The van der Waals surface area contributed by atoms with E-state index in [1.54, 1.807) is 0 Å². The third-order valence-electron chi connectivity index (χ3n) is 7.52. The molecule has 4 aromatic carbocycles. The van der Waals surface area contributed by atoms with Gasteiger partial charge in [0, 0.05) is 6.61 Å². The zero-order valence-electron chi connectivity index (χ0n) is 23.6. The maximum atomic E-state index is 13.1. The molecule has 42 heavy (non-hydrogen) atoms. The number of hydrogen-bond donors (Lipinski definition) is 1. The summed E-state index contributed by atoms with van der Waals surface area (Å²) in [5.74, 6) is -1.24. The number of ether oxygens (including phenoxy) is 3. The monoisotopic (exact) mass is 585 g/mol. The topological polar surface area (TPSA) is 74.2 Å². The second-order valence-corrected chi connectivity index (χ2v) is 11.8. The lowest BCUT2D eigenvalue weighted by molar-refractivity contribution is -0.164. The summed E-state index contributed by atoms with van der Waals surface area (Å²) in [6, 6.07) is 40.0. The minimum Gasteiger partial charge on any atom is -0.377 e. The van der Waals surface area contributed by atoms with Gasteiger partial charge in [-0.1, -0.05) is 121 Å². The van der Waals surface area contributed by atoms with Crippen molar-refractivity contribution in [3.63, 3.8) is 0 Å². The van der Waals surface area contributed by atoms with Gasteiger partial charge in [-0.15, -0.1) is 4.52 Å². The summed E-state index contributed by atoms with van der Waals surface area (Å²) in [7, 11) is -2.38. The summed E-state index contributed by atoms with van der Waals surface area (Å²) in [6.07, 6.45) is -0.718. The van der Waals surface area contributed by atoms with E-state index in [4.69, 9.17) is 18.7 Å². The van der Waals surface area contributed by atoms with Gasteiger partial charge in [-0.2, -0.15) is 0 Å². The molecule has 0 aliphatic carbocycles. The summed E-state index contributed by atoms with van der Waals surface area (Å²) < 4.78 is 37.9. The summed E-state index contributed by atoms with van der Waals surface area (Å²) >= 11 is 0. The molecule has 7 heteroatoms. The van der Waals surface area contributed by atoms with Gasteiger partial charge < -0.3 is 19.3 Å². The number of benzene rings is 4. The van der Waals surface area contributed by atoms with Crippen molar-refractivity contribution in [2.75, 3.05) is 6.61 Å². The van der Waals surface area contributed by atoms with Gasteiger partial charge in [-0.05, 0) is 45.6 Å². The molecule has 0 aromatic heterocycles. The molecule has 1 saturated heterocycles. The van der Waals surface area contributed by atoms with Gasteiger partial charge in [0.25, 0.3) is 0 Å². The molecule has 1 N–H and O–H groups in total. The van der Waals surface area contributed by atoms with Crippen LogP contribution in [-0.4, -0.2) is 35.9 Å². The van der Waals surface area contributed by atoms with E-state index in [-0.39, 0.29) is 12.5 Å². The van der Waals surface area contributed by atoms with Gasteiger partial charge in [0.2, 0.25) is 0 Å². The molecule has 1 aliphatic rings. The van der Waals surface area contributed by atoms with Crippen molar-refractivity contribution in [2.24, 2.45) is 0 Å². The van der Waals surface area contributed by atoms with Gasteiger partial charge in [0.1, 0.15) is 12.2 Å². The maximum Gasteiger partial charge on any atom is 0.543 e. The number of aliphatic hydroxyl groups is 1. The molecular formula is C35H38O6P+. The van der Waals surface area contributed by atoms with E-state index in [2.05, 4.69) is 24.3 Å². The molecule has 6 nitrogen and oxygen atoms in total. The Balaban J connectivity index is 1.33. The van der Waals surface area contributed by atoms with E-state index >= 15 is 0 Å². The van der Waals surface area contributed by atoms with Crippen molar-refractivity contribution in [2.45, 2.75) is 62.7 Å². The van der Waals surface area contributed by atoms with E-state index in [1.807, 2.05) is 97.1 Å². The third kappa shape index (κ3) is 8.65. The van der Waals surface area contributed by atoms with E-state index in [1.165, 1.54) is 0 Å². The average molecular weight is 586 g/mol. The van der Waals surface area contributed by atoms with Crippen LogP contribution in [0.4, 0.5) is 0 Å². The number of aliphatic hydroxyl groups excluding tert-OH is 1. The predicted octanol–water partition coefficient (Wildman–Crippen LogP) is 7.40. The smallest absolute Gasteiger partial charge is 0.377 e. The van der Waals surface area contributed by atoms with Gasteiger partial charge in [0.05, 0.1) is 19.8 Å². The molecule has 218 valence electrons. The first-order valence-electron chi connectivity index (χ1n) is 14.5. The van der Waals surface area contributed by atoms with Gasteiger partial charge in [-0.3, -0.25) is 0 Å². The second kappa shape index (κ2) is 15.9. The molecule has 0 bridgehead atoms. The molecule has 4 aromatic rings. The first kappa shape index (κ1) is 30.2. The van der Waals surface area contributed by atoms with Crippen LogP contribution in [0.15, 0.2) is 121 Å². The molecule has 1 fully saturated rings. The first-order valence-corrected chi connectivity index (χ1v) is 15.7. The van der Waals surface area contributed by atoms with Crippen LogP contribution in [0, 0.1) is 0 Å². The molecule has 1 heterocycles. The molecule has 1 aliphatic heterocycles. The van der Waals surface area contributed by atoms with Gasteiger partial charge in [0.15, 0.2) is 6.10 Å². The van der Waals surface area contributed by atoms with Crippen LogP contribution in [0.25, 0.3) is 0 Å². The molecule has 0 amide bonds. The lowest BCUT2D eigenvalue weighted by atomic mass is 9.88.